The molecule has 1 heterocycles. The van der Waals surface area contributed by atoms with Crippen LogP contribution in [0.2, 0.25) is 0 Å². The summed E-state index contributed by atoms with van der Waals surface area (Å²) < 4.78 is 0. The van der Waals surface area contributed by atoms with Gasteiger partial charge < -0.3 is 15.5 Å². The molecule has 1 amide bonds. The van der Waals surface area contributed by atoms with Crippen LogP contribution in [0.15, 0.2) is 30.3 Å². The van der Waals surface area contributed by atoms with Crippen LogP contribution in [0.4, 0.5) is 11.8 Å². The number of hydrogen-bond donors (Lipinski definition) is 2. The quantitative estimate of drug-likeness (QED) is 0.783. The summed E-state index contributed by atoms with van der Waals surface area (Å²) in [6.45, 7) is 2.83. The Morgan fingerprint density at radius 2 is 2.04 bits per heavy atom. The van der Waals surface area contributed by atoms with E-state index in [4.69, 9.17) is 5.26 Å². The summed E-state index contributed by atoms with van der Waals surface area (Å²) in [6.07, 6.45) is 0. The molecule has 0 aliphatic carbocycles. The SMILES string of the molecule is Cc1cc(N(C)C)nc(NCCNC(=O)c2cccc(C#N)c2)n1. The van der Waals surface area contributed by atoms with Crippen LogP contribution >= 0.6 is 0 Å². The number of anilines is 2. The van der Waals surface area contributed by atoms with Crippen molar-refractivity contribution in [2.45, 2.75) is 6.92 Å². The van der Waals surface area contributed by atoms with Crippen molar-refractivity contribution in [2.24, 2.45) is 0 Å². The molecule has 0 bridgehead atoms. The van der Waals surface area contributed by atoms with Gasteiger partial charge in [0, 0.05) is 44.5 Å². The van der Waals surface area contributed by atoms with Crippen molar-refractivity contribution >= 4 is 17.7 Å². The Morgan fingerprint density at radius 3 is 2.75 bits per heavy atom. The number of aromatic nitrogens is 2. The van der Waals surface area contributed by atoms with Crippen molar-refractivity contribution in [1.29, 1.82) is 5.26 Å². The first-order valence-corrected chi connectivity index (χ1v) is 7.55. The predicted molar refractivity (Wildman–Crippen MR) is 93.1 cm³/mol. The van der Waals surface area contributed by atoms with Crippen molar-refractivity contribution < 1.29 is 4.79 Å². The third-order valence-corrected chi connectivity index (χ3v) is 3.25. The van der Waals surface area contributed by atoms with Gasteiger partial charge in [0.05, 0.1) is 11.6 Å². The average molecular weight is 324 g/mol. The van der Waals surface area contributed by atoms with Gasteiger partial charge >= 0.3 is 0 Å². The number of carbonyl (C=O) groups is 1. The first-order chi connectivity index (χ1) is 11.5. The van der Waals surface area contributed by atoms with Crippen LogP contribution in [-0.2, 0) is 0 Å². The summed E-state index contributed by atoms with van der Waals surface area (Å²) in [5, 5.41) is 14.7. The fourth-order valence-corrected chi connectivity index (χ4v) is 2.04. The lowest BCUT2D eigenvalue weighted by Crippen LogP contribution is -2.29. The molecule has 0 aliphatic rings. The van der Waals surface area contributed by atoms with Gasteiger partial charge in [-0.15, -0.1) is 0 Å². The normalized spacial score (nSPS) is 9.92. The van der Waals surface area contributed by atoms with Gasteiger partial charge in [0.2, 0.25) is 5.95 Å². The maximum Gasteiger partial charge on any atom is 0.251 e. The number of nitrogens with one attached hydrogen (secondary N) is 2. The van der Waals surface area contributed by atoms with Crippen LogP contribution in [0.3, 0.4) is 0 Å². The van der Waals surface area contributed by atoms with Gasteiger partial charge in [-0.2, -0.15) is 10.2 Å². The van der Waals surface area contributed by atoms with Crippen LogP contribution in [0.5, 0.6) is 0 Å². The summed E-state index contributed by atoms with van der Waals surface area (Å²) in [5.74, 6) is 1.13. The van der Waals surface area contributed by atoms with E-state index in [1.54, 1.807) is 24.3 Å². The van der Waals surface area contributed by atoms with Gasteiger partial charge in [-0.1, -0.05) is 6.07 Å². The standard InChI is InChI=1S/C17H20N6O/c1-12-9-15(23(2)3)22-17(21-12)20-8-7-19-16(24)14-6-4-5-13(10-14)11-18/h4-6,9-10H,7-8H2,1-3H3,(H,19,24)(H,20,21,22). The molecular formula is C17H20N6O. The van der Waals surface area contributed by atoms with Gasteiger partial charge in [-0.05, 0) is 25.1 Å². The predicted octanol–water partition coefficient (Wildman–Crippen LogP) is 1.56. The van der Waals surface area contributed by atoms with E-state index < -0.39 is 0 Å². The van der Waals surface area contributed by atoms with E-state index in [-0.39, 0.29) is 5.91 Å². The minimum atomic E-state index is -0.215. The number of nitriles is 1. The monoisotopic (exact) mass is 324 g/mol. The van der Waals surface area contributed by atoms with Crippen molar-refractivity contribution in [1.82, 2.24) is 15.3 Å². The van der Waals surface area contributed by atoms with Crippen molar-refractivity contribution in [2.75, 3.05) is 37.4 Å². The van der Waals surface area contributed by atoms with Crippen LogP contribution in [0.1, 0.15) is 21.6 Å². The van der Waals surface area contributed by atoms with Crippen LogP contribution < -0.4 is 15.5 Å². The molecule has 0 unspecified atom stereocenters. The smallest absolute Gasteiger partial charge is 0.251 e. The van der Waals surface area contributed by atoms with E-state index in [9.17, 15) is 4.79 Å². The Balaban J connectivity index is 1.86. The number of aryl methyl sites for hydroxylation is 1. The molecule has 1 aromatic carbocycles. The molecule has 2 rings (SSSR count). The van der Waals surface area contributed by atoms with Gasteiger partial charge in [-0.3, -0.25) is 4.79 Å². The van der Waals surface area contributed by atoms with E-state index >= 15 is 0 Å². The molecule has 0 atom stereocenters. The molecule has 7 nitrogen and oxygen atoms in total. The van der Waals surface area contributed by atoms with Gasteiger partial charge in [0.15, 0.2) is 0 Å². The molecule has 2 aromatic rings. The van der Waals surface area contributed by atoms with Crippen molar-refractivity contribution in [3.8, 4) is 6.07 Å². The Bertz CT molecular complexity index is 766. The Kier molecular flexibility index (Phi) is 5.68. The lowest BCUT2D eigenvalue weighted by Gasteiger charge is -2.14. The molecule has 0 spiro atoms. The highest BCUT2D eigenvalue weighted by atomic mass is 16.1. The number of hydrogen-bond acceptors (Lipinski definition) is 6. The van der Waals surface area contributed by atoms with Gasteiger partial charge in [-0.25, -0.2) is 4.98 Å². The van der Waals surface area contributed by atoms with E-state index in [2.05, 4.69) is 20.6 Å². The van der Waals surface area contributed by atoms with Crippen molar-refractivity contribution in [3.63, 3.8) is 0 Å². The number of rotatable bonds is 6. The molecule has 0 saturated heterocycles. The second kappa shape index (κ2) is 7.92. The molecule has 2 N–H and O–H groups in total. The highest BCUT2D eigenvalue weighted by Crippen LogP contribution is 2.11. The highest BCUT2D eigenvalue weighted by Gasteiger charge is 2.06. The number of amides is 1. The minimum Gasteiger partial charge on any atom is -0.363 e. The van der Waals surface area contributed by atoms with Crippen LogP contribution in [-0.4, -0.2) is 43.1 Å². The van der Waals surface area contributed by atoms with Gasteiger partial charge in [0.1, 0.15) is 5.82 Å². The average Bonchev–Trinajstić information content (AvgIpc) is 2.58. The zero-order chi connectivity index (χ0) is 17.5. The van der Waals surface area contributed by atoms with Crippen molar-refractivity contribution in [3.05, 3.63) is 47.2 Å². The maximum atomic E-state index is 12.0. The molecule has 0 aliphatic heterocycles. The van der Waals surface area contributed by atoms with Crippen LogP contribution in [0, 0.1) is 18.3 Å². The maximum absolute atomic E-state index is 12.0. The van der Waals surface area contributed by atoms with E-state index in [0.717, 1.165) is 11.5 Å². The first-order valence-electron chi connectivity index (χ1n) is 7.55. The minimum absolute atomic E-state index is 0.215. The van der Waals surface area contributed by atoms with E-state index in [1.807, 2.05) is 38.1 Å². The summed E-state index contributed by atoms with van der Waals surface area (Å²) in [7, 11) is 3.84. The molecular weight excluding hydrogens is 304 g/mol. The Morgan fingerprint density at radius 1 is 1.25 bits per heavy atom. The van der Waals surface area contributed by atoms with Gasteiger partial charge in [0.25, 0.3) is 5.91 Å². The zero-order valence-corrected chi connectivity index (χ0v) is 14.0. The fourth-order valence-electron chi connectivity index (χ4n) is 2.04. The highest BCUT2D eigenvalue weighted by molar-refractivity contribution is 5.94. The lowest BCUT2D eigenvalue weighted by molar-refractivity contribution is 0.0955. The Labute approximate surface area is 141 Å². The summed E-state index contributed by atoms with van der Waals surface area (Å²) >= 11 is 0. The number of nitrogens with zero attached hydrogens (tertiary/aromatic N) is 4. The zero-order valence-electron chi connectivity index (χ0n) is 14.0. The third kappa shape index (κ3) is 4.68. The second-order valence-electron chi connectivity index (χ2n) is 5.46. The summed E-state index contributed by atoms with van der Waals surface area (Å²) in [4.78, 5) is 22.6. The lowest BCUT2D eigenvalue weighted by atomic mass is 10.1. The second-order valence-corrected chi connectivity index (χ2v) is 5.46. The van der Waals surface area contributed by atoms with E-state index in [0.29, 0.717) is 30.2 Å². The fraction of sp³-hybridized carbons (Fsp3) is 0.294. The van der Waals surface area contributed by atoms with E-state index in [1.165, 1.54) is 0 Å². The number of carbonyl (C=O) groups excluding carboxylic acids is 1. The molecule has 24 heavy (non-hydrogen) atoms. The molecule has 1 aromatic heterocycles. The molecule has 0 radical (unpaired) electrons. The molecule has 0 fully saturated rings. The third-order valence-electron chi connectivity index (χ3n) is 3.25. The molecule has 124 valence electrons. The molecule has 7 heteroatoms. The largest absolute Gasteiger partial charge is 0.363 e. The molecule has 0 saturated carbocycles. The summed E-state index contributed by atoms with van der Waals surface area (Å²) in [5.41, 5.74) is 1.80. The van der Waals surface area contributed by atoms with Crippen LogP contribution in [0.25, 0.3) is 0 Å². The number of benzene rings is 1. The first kappa shape index (κ1) is 17.2. The topological polar surface area (TPSA) is 93.9 Å². The Hall–Kier alpha value is -3.14. The summed E-state index contributed by atoms with van der Waals surface area (Å²) in [6, 6.07) is 10.5.